The van der Waals surface area contributed by atoms with Gasteiger partial charge >= 0.3 is 0 Å². The van der Waals surface area contributed by atoms with Gasteiger partial charge in [0.1, 0.15) is 0 Å². The topological polar surface area (TPSA) is 75.7 Å². The van der Waals surface area contributed by atoms with E-state index in [1.807, 2.05) is 0 Å². The molecule has 0 saturated carbocycles. The number of nitrogens with zero attached hydrogens (tertiary/aromatic N) is 2. The molecule has 1 aromatic rings. The van der Waals surface area contributed by atoms with Crippen molar-refractivity contribution < 1.29 is 10.1 Å². The van der Waals surface area contributed by atoms with Gasteiger partial charge in [-0.1, -0.05) is 11.2 Å². The first-order chi connectivity index (χ1) is 7.54. The number of oxime groups is 1. The number of non-ortho nitro benzene ring substituents is 1. The van der Waals surface area contributed by atoms with Crippen LogP contribution in [0.4, 0.5) is 5.69 Å². The van der Waals surface area contributed by atoms with Crippen LogP contribution in [0, 0.1) is 10.1 Å². The Kier molecular flexibility index (Phi) is 3.77. The van der Waals surface area contributed by atoms with E-state index in [4.69, 9.17) is 5.21 Å². The van der Waals surface area contributed by atoms with Crippen LogP contribution in [0.25, 0.3) is 6.08 Å². The fraction of sp³-hybridized carbons (Fsp3) is 0.182. The molecule has 0 spiro atoms. The second kappa shape index (κ2) is 5.06. The highest BCUT2D eigenvalue weighted by Gasteiger charge is 2.03. The number of hydrogen-bond donors (Lipinski definition) is 1. The van der Waals surface area contributed by atoms with E-state index in [2.05, 4.69) is 5.16 Å². The minimum atomic E-state index is -0.444. The highest BCUT2D eigenvalue weighted by molar-refractivity contribution is 6.01. The number of allylic oxidation sites excluding steroid dienone is 1. The monoisotopic (exact) mass is 220 g/mol. The van der Waals surface area contributed by atoms with Crippen LogP contribution in [0.15, 0.2) is 35.0 Å². The van der Waals surface area contributed by atoms with E-state index in [1.54, 1.807) is 32.1 Å². The van der Waals surface area contributed by atoms with E-state index >= 15 is 0 Å². The lowest BCUT2D eigenvalue weighted by Gasteiger charge is -1.98. The van der Waals surface area contributed by atoms with Gasteiger partial charge in [0.25, 0.3) is 5.69 Å². The van der Waals surface area contributed by atoms with E-state index in [-0.39, 0.29) is 5.69 Å². The SMILES string of the molecule is CC(=C/c1ccc([N+](=O)[O-])cc1)/C(C)=N/O. The molecule has 16 heavy (non-hydrogen) atoms. The zero-order valence-corrected chi connectivity index (χ0v) is 9.04. The van der Waals surface area contributed by atoms with Crippen molar-refractivity contribution in [3.8, 4) is 0 Å². The molecular weight excluding hydrogens is 208 g/mol. The van der Waals surface area contributed by atoms with Crippen LogP contribution in [0.2, 0.25) is 0 Å². The maximum absolute atomic E-state index is 10.4. The summed E-state index contributed by atoms with van der Waals surface area (Å²) in [5.41, 5.74) is 2.20. The number of hydrogen-bond acceptors (Lipinski definition) is 4. The third kappa shape index (κ3) is 2.91. The van der Waals surface area contributed by atoms with Gasteiger partial charge in [-0.2, -0.15) is 0 Å². The first-order valence-electron chi connectivity index (χ1n) is 4.66. The van der Waals surface area contributed by atoms with E-state index in [0.29, 0.717) is 5.71 Å². The lowest BCUT2D eigenvalue weighted by Crippen LogP contribution is -1.92. The van der Waals surface area contributed by atoms with Crippen LogP contribution in [0.5, 0.6) is 0 Å². The molecule has 0 unspecified atom stereocenters. The van der Waals surface area contributed by atoms with Gasteiger partial charge in [0.2, 0.25) is 0 Å². The minimum Gasteiger partial charge on any atom is -0.411 e. The fourth-order valence-corrected chi connectivity index (χ4v) is 1.13. The molecule has 0 aromatic heterocycles. The third-order valence-corrected chi connectivity index (χ3v) is 2.21. The van der Waals surface area contributed by atoms with Crippen molar-refractivity contribution in [3.63, 3.8) is 0 Å². The van der Waals surface area contributed by atoms with Gasteiger partial charge in [-0.05, 0) is 37.1 Å². The summed E-state index contributed by atoms with van der Waals surface area (Å²) in [7, 11) is 0. The average molecular weight is 220 g/mol. The van der Waals surface area contributed by atoms with Crippen LogP contribution in [-0.2, 0) is 0 Å². The molecule has 1 rings (SSSR count). The minimum absolute atomic E-state index is 0.0577. The standard InChI is InChI=1S/C11H12N2O3/c1-8(9(2)12-14)7-10-3-5-11(6-4-10)13(15)16/h3-7,14H,1-2H3/b8-7-,12-9+. The predicted molar refractivity (Wildman–Crippen MR) is 61.6 cm³/mol. The number of benzene rings is 1. The maximum atomic E-state index is 10.4. The van der Waals surface area contributed by atoms with Gasteiger partial charge in [0, 0.05) is 12.1 Å². The normalized spacial score (nSPS) is 12.6. The third-order valence-electron chi connectivity index (χ3n) is 2.21. The second-order valence-electron chi connectivity index (χ2n) is 3.36. The molecular formula is C11H12N2O3. The van der Waals surface area contributed by atoms with Crippen molar-refractivity contribution in [2.45, 2.75) is 13.8 Å². The molecule has 0 aliphatic rings. The molecule has 0 amide bonds. The Morgan fingerprint density at radius 1 is 1.38 bits per heavy atom. The summed E-state index contributed by atoms with van der Waals surface area (Å²) in [5, 5.41) is 22.1. The summed E-state index contributed by atoms with van der Waals surface area (Å²) < 4.78 is 0. The lowest BCUT2D eigenvalue weighted by atomic mass is 10.1. The molecule has 0 fully saturated rings. The van der Waals surface area contributed by atoms with Crippen LogP contribution in [0.1, 0.15) is 19.4 Å². The Morgan fingerprint density at radius 3 is 2.38 bits per heavy atom. The van der Waals surface area contributed by atoms with Crippen molar-refractivity contribution >= 4 is 17.5 Å². The van der Waals surface area contributed by atoms with Crippen molar-refractivity contribution in [1.82, 2.24) is 0 Å². The predicted octanol–water partition coefficient (Wildman–Crippen LogP) is 2.85. The van der Waals surface area contributed by atoms with Gasteiger partial charge < -0.3 is 5.21 Å². The first kappa shape index (κ1) is 11.9. The molecule has 0 radical (unpaired) electrons. The lowest BCUT2D eigenvalue weighted by molar-refractivity contribution is -0.384. The molecule has 0 heterocycles. The van der Waals surface area contributed by atoms with Gasteiger partial charge in [-0.15, -0.1) is 0 Å². The van der Waals surface area contributed by atoms with Gasteiger partial charge in [-0.3, -0.25) is 10.1 Å². The molecule has 0 saturated heterocycles. The summed E-state index contributed by atoms with van der Waals surface area (Å²) in [4.78, 5) is 9.98. The van der Waals surface area contributed by atoms with E-state index in [1.165, 1.54) is 12.1 Å². The molecule has 0 aliphatic heterocycles. The molecule has 1 aromatic carbocycles. The van der Waals surface area contributed by atoms with Gasteiger partial charge in [-0.25, -0.2) is 0 Å². The van der Waals surface area contributed by atoms with E-state index < -0.39 is 4.92 Å². The Morgan fingerprint density at radius 2 is 1.94 bits per heavy atom. The number of nitro groups is 1. The highest BCUT2D eigenvalue weighted by atomic mass is 16.6. The van der Waals surface area contributed by atoms with Crippen LogP contribution in [-0.4, -0.2) is 15.8 Å². The van der Waals surface area contributed by atoms with Gasteiger partial charge in [0.15, 0.2) is 0 Å². The number of nitro benzene ring substituents is 1. The molecule has 5 nitrogen and oxygen atoms in total. The summed E-state index contributed by atoms with van der Waals surface area (Å²) >= 11 is 0. The van der Waals surface area contributed by atoms with Crippen LogP contribution >= 0.6 is 0 Å². The van der Waals surface area contributed by atoms with Crippen LogP contribution in [0.3, 0.4) is 0 Å². The summed E-state index contributed by atoms with van der Waals surface area (Å²) in [6.45, 7) is 3.48. The van der Waals surface area contributed by atoms with E-state index in [9.17, 15) is 10.1 Å². The number of rotatable bonds is 3. The largest absolute Gasteiger partial charge is 0.411 e. The zero-order chi connectivity index (χ0) is 12.1. The maximum Gasteiger partial charge on any atom is 0.269 e. The summed E-state index contributed by atoms with van der Waals surface area (Å²) in [6, 6.07) is 6.16. The summed E-state index contributed by atoms with van der Waals surface area (Å²) in [6.07, 6.45) is 1.79. The molecule has 5 heteroatoms. The first-order valence-corrected chi connectivity index (χ1v) is 4.66. The van der Waals surface area contributed by atoms with Crippen LogP contribution < -0.4 is 0 Å². The Hall–Kier alpha value is -2.17. The van der Waals surface area contributed by atoms with Crippen molar-refractivity contribution in [2.24, 2.45) is 5.16 Å². The smallest absolute Gasteiger partial charge is 0.269 e. The van der Waals surface area contributed by atoms with E-state index in [0.717, 1.165) is 11.1 Å². The quantitative estimate of drug-likeness (QED) is 0.368. The Bertz CT molecular complexity index is 447. The van der Waals surface area contributed by atoms with Crippen molar-refractivity contribution in [3.05, 3.63) is 45.5 Å². The zero-order valence-electron chi connectivity index (χ0n) is 9.04. The Balaban J connectivity index is 2.95. The molecule has 84 valence electrons. The van der Waals surface area contributed by atoms with Crippen molar-refractivity contribution in [1.29, 1.82) is 0 Å². The molecule has 0 bridgehead atoms. The molecule has 0 aliphatic carbocycles. The molecule has 0 atom stereocenters. The highest BCUT2D eigenvalue weighted by Crippen LogP contribution is 2.14. The molecule has 1 N–H and O–H groups in total. The fourth-order valence-electron chi connectivity index (χ4n) is 1.13. The Labute approximate surface area is 92.9 Å². The average Bonchev–Trinajstić information content (AvgIpc) is 2.28. The summed E-state index contributed by atoms with van der Waals surface area (Å²) in [5.74, 6) is 0. The van der Waals surface area contributed by atoms with Gasteiger partial charge in [0.05, 0.1) is 10.6 Å². The second-order valence-corrected chi connectivity index (χ2v) is 3.36. The van der Waals surface area contributed by atoms with Crippen molar-refractivity contribution in [2.75, 3.05) is 0 Å².